The summed E-state index contributed by atoms with van der Waals surface area (Å²) in [4.78, 5) is 24.7. The first-order valence-electron chi connectivity index (χ1n) is 7.32. The topological polar surface area (TPSA) is 70.7 Å². The first kappa shape index (κ1) is 16.9. The summed E-state index contributed by atoms with van der Waals surface area (Å²) in [6.07, 6.45) is 0.370. The normalized spacial score (nSPS) is 19.9. The van der Waals surface area contributed by atoms with Crippen molar-refractivity contribution in [3.63, 3.8) is 0 Å². The van der Waals surface area contributed by atoms with E-state index in [-0.39, 0.29) is 17.9 Å². The van der Waals surface area contributed by atoms with Crippen LogP contribution in [0.1, 0.15) is 27.2 Å². The Morgan fingerprint density at radius 2 is 2.10 bits per heavy atom. The predicted molar refractivity (Wildman–Crippen MR) is 77.3 cm³/mol. The molecule has 0 aliphatic carbocycles. The van der Waals surface area contributed by atoms with Gasteiger partial charge in [-0.3, -0.25) is 14.5 Å². The van der Waals surface area contributed by atoms with Gasteiger partial charge in [0.1, 0.15) is 0 Å². The van der Waals surface area contributed by atoms with Crippen LogP contribution in [-0.4, -0.2) is 62.1 Å². The third kappa shape index (κ3) is 7.45. The van der Waals surface area contributed by atoms with E-state index in [2.05, 4.69) is 29.4 Å². The molecule has 2 amide bonds. The summed E-state index contributed by atoms with van der Waals surface area (Å²) in [5.41, 5.74) is 0. The van der Waals surface area contributed by atoms with Crippen molar-refractivity contribution in [3.8, 4) is 0 Å². The summed E-state index contributed by atoms with van der Waals surface area (Å²) in [5.74, 6) is 0.474. The predicted octanol–water partition coefficient (Wildman–Crippen LogP) is -0.0144. The number of nitrogens with zero attached hydrogens (tertiary/aromatic N) is 1. The number of morpholine rings is 1. The van der Waals surface area contributed by atoms with Gasteiger partial charge < -0.3 is 15.4 Å². The molecule has 0 spiro atoms. The van der Waals surface area contributed by atoms with Gasteiger partial charge in [-0.2, -0.15) is 0 Å². The van der Waals surface area contributed by atoms with Crippen molar-refractivity contribution in [2.45, 2.75) is 33.3 Å². The van der Waals surface area contributed by atoms with Gasteiger partial charge in [0.2, 0.25) is 11.8 Å². The zero-order valence-corrected chi connectivity index (χ0v) is 12.8. The number of carbonyl (C=O) groups is 2. The molecule has 1 saturated heterocycles. The first-order valence-corrected chi connectivity index (χ1v) is 7.32. The van der Waals surface area contributed by atoms with Crippen LogP contribution in [0.4, 0.5) is 0 Å². The molecule has 6 nitrogen and oxygen atoms in total. The van der Waals surface area contributed by atoms with Crippen molar-refractivity contribution >= 4 is 11.8 Å². The van der Waals surface area contributed by atoms with Gasteiger partial charge in [0.25, 0.3) is 0 Å². The standard InChI is InChI=1S/C14H27N3O3/c1-11(2)9-17-6-7-20-13(10-17)8-16-14(19)4-5-15-12(3)18/h11,13H,4-10H2,1-3H3,(H,15,18)(H,16,19). The van der Waals surface area contributed by atoms with Crippen molar-refractivity contribution in [3.05, 3.63) is 0 Å². The highest BCUT2D eigenvalue weighted by Gasteiger charge is 2.21. The molecular formula is C14H27N3O3. The molecule has 1 unspecified atom stereocenters. The molecule has 0 saturated carbocycles. The number of ether oxygens (including phenoxy) is 1. The summed E-state index contributed by atoms with van der Waals surface area (Å²) in [6.45, 7) is 10.4. The van der Waals surface area contributed by atoms with Gasteiger partial charge in [0.15, 0.2) is 0 Å². The molecule has 1 heterocycles. The fourth-order valence-electron chi connectivity index (χ4n) is 2.25. The molecule has 1 aliphatic heterocycles. The van der Waals surface area contributed by atoms with Crippen molar-refractivity contribution in [2.75, 3.05) is 39.3 Å². The van der Waals surface area contributed by atoms with Crippen LogP contribution in [-0.2, 0) is 14.3 Å². The second kappa shape index (κ2) is 8.92. The fourth-order valence-corrected chi connectivity index (χ4v) is 2.25. The van der Waals surface area contributed by atoms with Crippen molar-refractivity contribution in [1.29, 1.82) is 0 Å². The molecule has 116 valence electrons. The summed E-state index contributed by atoms with van der Waals surface area (Å²) in [7, 11) is 0. The number of rotatable bonds is 7. The van der Waals surface area contributed by atoms with Crippen LogP contribution in [0.2, 0.25) is 0 Å². The van der Waals surface area contributed by atoms with E-state index in [0.29, 0.717) is 25.4 Å². The zero-order valence-electron chi connectivity index (χ0n) is 12.8. The molecule has 0 aromatic rings. The Labute approximate surface area is 121 Å². The van der Waals surface area contributed by atoms with Crippen LogP contribution in [0.25, 0.3) is 0 Å². The largest absolute Gasteiger partial charge is 0.374 e. The van der Waals surface area contributed by atoms with E-state index in [1.165, 1.54) is 6.92 Å². The number of amides is 2. The highest BCUT2D eigenvalue weighted by molar-refractivity contribution is 5.77. The lowest BCUT2D eigenvalue weighted by Crippen LogP contribution is -2.48. The van der Waals surface area contributed by atoms with Crippen molar-refractivity contribution in [1.82, 2.24) is 15.5 Å². The summed E-state index contributed by atoms with van der Waals surface area (Å²) in [5, 5.41) is 5.46. The molecule has 1 fully saturated rings. The average Bonchev–Trinajstić information content (AvgIpc) is 2.35. The van der Waals surface area contributed by atoms with Gasteiger partial charge >= 0.3 is 0 Å². The molecule has 0 radical (unpaired) electrons. The Balaban J connectivity index is 2.17. The van der Waals surface area contributed by atoms with E-state index in [4.69, 9.17) is 4.74 Å². The summed E-state index contributed by atoms with van der Waals surface area (Å²) >= 11 is 0. The monoisotopic (exact) mass is 285 g/mol. The fraction of sp³-hybridized carbons (Fsp3) is 0.857. The van der Waals surface area contributed by atoms with Gasteiger partial charge in [-0.1, -0.05) is 13.8 Å². The maximum Gasteiger partial charge on any atom is 0.221 e. The van der Waals surface area contributed by atoms with Gasteiger partial charge in [0.05, 0.1) is 12.7 Å². The van der Waals surface area contributed by atoms with E-state index >= 15 is 0 Å². The Bertz CT molecular complexity index is 321. The maximum atomic E-state index is 11.6. The van der Waals surface area contributed by atoms with Crippen LogP contribution < -0.4 is 10.6 Å². The smallest absolute Gasteiger partial charge is 0.221 e. The number of hydrogen-bond donors (Lipinski definition) is 2. The van der Waals surface area contributed by atoms with E-state index in [0.717, 1.165) is 26.2 Å². The lowest BCUT2D eigenvalue weighted by atomic mass is 10.2. The van der Waals surface area contributed by atoms with E-state index in [9.17, 15) is 9.59 Å². The second-order valence-corrected chi connectivity index (χ2v) is 5.68. The van der Waals surface area contributed by atoms with Crippen molar-refractivity contribution < 1.29 is 14.3 Å². The first-order chi connectivity index (χ1) is 9.47. The van der Waals surface area contributed by atoms with Gasteiger partial charge in [0, 0.05) is 46.1 Å². The molecule has 2 N–H and O–H groups in total. The maximum absolute atomic E-state index is 11.6. The van der Waals surface area contributed by atoms with Gasteiger partial charge in [-0.15, -0.1) is 0 Å². The van der Waals surface area contributed by atoms with Gasteiger partial charge in [-0.25, -0.2) is 0 Å². The Morgan fingerprint density at radius 1 is 1.35 bits per heavy atom. The highest BCUT2D eigenvalue weighted by Crippen LogP contribution is 2.07. The molecule has 1 aliphatic rings. The summed E-state index contributed by atoms with van der Waals surface area (Å²) < 4.78 is 5.66. The molecule has 1 atom stereocenters. The van der Waals surface area contributed by atoms with E-state index < -0.39 is 0 Å². The molecule has 0 aromatic heterocycles. The molecule has 20 heavy (non-hydrogen) atoms. The van der Waals surface area contributed by atoms with Gasteiger partial charge in [-0.05, 0) is 5.92 Å². The Hall–Kier alpha value is -1.14. The van der Waals surface area contributed by atoms with E-state index in [1.54, 1.807) is 0 Å². The average molecular weight is 285 g/mol. The summed E-state index contributed by atoms with van der Waals surface area (Å²) in [6, 6.07) is 0. The number of hydrogen-bond acceptors (Lipinski definition) is 4. The molecule has 6 heteroatoms. The van der Waals surface area contributed by atoms with Crippen LogP contribution >= 0.6 is 0 Å². The molecule has 0 bridgehead atoms. The van der Waals surface area contributed by atoms with Crippen LogP contribution in [0.5, 0.6) is 0 Å². The lowest BCUT2D eigenvalue weighted by Gasteiger charge is -2.33. The molecular weight excluding hydrogens is 258 g/mol. The minimum absolute atomic E-state index is 0.0525. The third-order valence-electron chi connectivity index (χ3n) is 3.10. The van der Waals surface area contributed by atoms with Crippen LogP contribution in [0.15, 0.2) is 0 Å². The Morgan fingerprint density at radius 3 is 2.75 bits per heavy atom. The number of carbonyl (C=O) groups excluding carboxylic acids is 2. The van der Waals surface area contributed by atoms with E-state index in [1.807, 2.05) is 0 Å². The second-order valence-electron chi connectivity index (χ2n) is 5.68. The quantitative estimate of drug-likeness (QED) is 0.690. The highest BCUT2D eigenvalue weighted by atomic mass is 16.5. The third-order valence-corrected chi connectivity index (χ3v) is 3.10. The zero-order chi connectivity index (χ0) is 15.0. The number of nitrogens with one attached hydrogen (secondary N) is 2. The van der Waals surface area contributed by atoms with Crippen LogP contribution in [0, 0.1) is 5.92 Å². The SMILES string of the molecule is CC(=O)NCCC(=O)NCC1CN(CC(C)C)CCO1. The lowest BCUT2D eigenvalue weighted by molar-refractivity contribution is -0.122. The molecule has 1 rings (SSSR count). The minimum Gasteiger partial charge on any atom is -0.374 e. The van der Waals surface area contributed by atoms with Crippen molar-refractivity contribution in [2.24, 2.45) is 5.92 Å². The minimum atomic E-state index is -0.113. The van der Waals surface area contributed by atoms with Crippen LogP contribution in [0.3, 0.4) is 0 Å². The molecule has 0 aromatic carbocycles. The Kier molecular flexibility index (Phi) is 7.54.